The molecule has 0 fully saturated rings. The average Bonchev–Trinajstić information content (AvgIpc) is 2.30. The number of rotatable bonds is 2. The molecular weight excluding hydrogens is 216 g/mol. The molecule has 0 aliphatic carbocycles. The summed E-state index contributed by atoms with van der Waals surface area (Å²) in [6.45, 7) is 0. The highest BCUT2D eigenvalue weighted by Gasteiger charge is 2.07. The van der Waals surface area contributed by atoms with E-state index in [9.17, 15) is 4.79 Å². The maximum absolute atomic E-state index is 10.8. The lowest BCUT2D eigenvalue weighted by molar-refractivity contribution is 0.0697. The van der Waals surface area contributed by atoms with Gasteiger partial charge in [-0.3, -0.25) is 0 Å². The number of carboxylic acids is 1. The molecule has 0 unspecified atom stereocenters. The highest BCUT2D eigenvalue weighted by molar-refractivity contribution is 5.91. The Bertz CT molecular complexity index is 562. The normalized spacial score (nSPS) is 10.1. The van der Waals surface area contributed by atoms with Crippen molar-refractivity contribution in [2.24, 2.45) is 0 Å². The van der Waals surface area contributed by atoms with Crippen LogP contribution in [0.15, 0.2) is 42.5 Å². The molecule has 0 aliphatic heterocycles. The Hall–Kier alpha value is -2.49. The zero-order valence-electron chi connectivity index (χ0n) is 9.05. The van der Waals surface area contributed by atoms with Crippen LogP contribution >= 0.6 is 0 Å². The minimum atomic E-state index is -0.986. The van der Waals surface area contributed by atoms with Gasteiger partial charge in [-0.1, -0.05) is 18.2 Å². The van der Waals surface area contributed by atoms with Gasteiger partial charge >= 0.3 is 5.97 Å². The topological polar surface area (TPSA) is 89.3 Å². The number of hydrogen-bond acceptors (Lipinski definition) is 3. The van der Waals surface area contributed by atoms with Gasteiger partial charge < -0.3 is 16.6 Å². The van der Waals surface area contributed by atoms with E-state index in [0.29, 0.717) is 11.4 Å². The molecule has 0 spiro atoms. The first kappa shape index (κ1) is 11.0. The van der Waals surface area contributed by atoms with Crippen LogP contribution in [0.3, 0.4) is 0 Å². The summed E-state index contributed by atoms with van der Waals surface area (Å²) in [6, 6.07) is 11.9. The number of nitrogens with two attached hydrogens (primary N) is 2. The van der Waals surface area contributed by atoms with Gasteiger partial charge in [0.2, 0.25) is 0 Å². The van der Waals surface area contributed by atoms with E-state index < -0.39 is 5.97 Å². The first-order valence-electron chi connectivity index (χ1n) is 5.06. The Morgan fingerprint density at radius 1 is 1.00 bits per heavy atom. The maximum atomic E-state index is 10.8. The van der Waals surface area contributed by atoms with Crippen molar-refractivity contribution in [1.29, 1.82) is 0 Å². The lowest BCUT2D eigenvalue weighted by atomic mass is 10.0. The number of nitrogen functional groups attached to an aromatic ring is 2. The standard InChI is InChI=1S/C13H12N2O2/c14-10-4-1-8(2-5-10)11-6-3-9(13(16)17)7-12(11)15/h1-7H,14-15H2,(H,16,17). The SMILES string of the molecule is Nc1ccc(-c2ccc(C(=O)O)cc2N)cc1. The van der Waals surface area contributed by atoms with Crippen LogP contribution in [0.2, 0.25) is 0 Å². The summed E-state index contributed by atoms with van der Waals surface area (Å²) in [5, 5.41) is 8.84. The number of carboxylic acid groups (broad SMARTS) is 1. The van der Waals surface area contributed by atoms with Crippen LogP contribution in [-0.2, 0) is 0 Å². The fraction of sp³-hybridized carbons (Fsp3) is 0. The summed E-state index contributed by atoms with van der Waals surface area (Å²) in [6.07, 6.45) is 0. The third-order valence-electron chi connectivity index (χ3n) is 2.52. The number of anilines is 2. The lowest BCUT2D eigenvalue weighted by Crippen LogP contribution is -1.99. The molecule has 2 aromatic carbocycles. The maximum Gasteiger partial charge on any atom is 0.335 e. The van der Waals surface area contributed by atoms with E-state index in [0.717, 1.165) is 11.1 Å². The molecule has 0 aromatic heterocycles. The molecule has 0 saturated heterocycles. The molecular formula is C13H12N2O2. The van der Waals surface area contributed by atoms with Gasteiger partial charge in [-0.15, -0.1) is 0 Å². The molecule has 0 atom stereocenters. The van der Waals surface area contributed by atoms with Crippen LogP contribution in [0, 0.1) is 0 Å². The molecule has 0 bridgehead atoms. The summed E-state index contributed by atoms with van der Waals surface area (Å²) in [7, 11) is 0. The van der Waals surface area contributed by atoms with Crippen molar-refractivity contribution < 1.29 is 9.90 Å². The zero-order chi connectivity index (χ0) is 12.4. The van der Waals surface area contributed by atoms with Crippen molar-refractivity contribution in [3.63, 3.8) is 0 Å². The van der Waals surface area contributed by atoms with Gasteiger partial charge in [0.1, 0.15) is 0 Å². The smallest absolute Gasteiger partial charge is 0.335 e. The Morgan fingerprint density at radius 2 is 1.65 bits per heavy atom. The number of carbonyl (C=O) groups is 1. The first-order chi connectivity index (χ1) is 8.08. The third kappa shape index (κ3) is 2.20. The minimum Gasteiger partial charge on any atom is -0.478 e. The second kappa shape index (κ2) is 4.17. The molecule has 0 heterocycles. The van der Waals surface area contributed by atoms with Gasteiger partial charge in [-0.05, 0) is 29.8 Å². The zero-order valence-corrected chi connectivity index (χ0v) is 9.05. The molecule has 0 amide bonds. The van der Waals surface area contributed by atoms with Gasteiger partial charge in [0, 0.05) is 16.9 Å². The predicted molar refractivity (Wildman–Crippen MR) is 67.7 cm³/mol. The second-order valence-electron chi connectivity index (χ2n) is 3.73. The van der Waals surface area contributed by atoms with Crippen molar-refractivity contribution in [2.75, 3.05) is 11.5 Å². The number of aromatic carboxylic acids is 1. The number of hydrogen-bond donors (Lipinski definition) is 3. The highest BCUT2D eigenvalue weighted by Crippen LogP contribution is 2.27. The van der Waals surface area contributed by atoms with Crippen LogP contribution < -0.4 is 11.5 Å². The fourth-order valence-corrected chi connectivity index (χ4v) is 1.62. The summed E-state index contributed by atoms with van der Waals surface area (Å²) >= 11 is 0. The van der Waals surface area contributed by atoms with Crippen LogP contribution in [0.1, 0.15) is 10.4 Å². The van der Waals surface area contributed by atoms with E-state index in [1.54, 1.807) is 18.2 Å². The van der Waals surface area contributed by atoms with Gasteiger partial charge in [0.15, 0.2) is 0 Å². The average molecular weight is 228 g/mol. The Morgan fingerprint density at radius 3 is 2.18 bits per heavy atom. The van der Waals surface area contributed by atoms with E-state index in [1.165, 1.54) is 12.1 Å². The van der Waals surface area contributed by atoms with Crippen LogP contribution in [-0.4, -0.2) is 11.1 Å². The molecule has 86 valence electrons. The van der Waals surface area contributed by atoms with Crippen molar-refractivity contribution >= 4 is 17.3 Å². The van der Waals surface area contributed by atoms with E-state index in [2.05, 4.69) is 0 Å². The van der Waals surface area contributed by atoms with Crippen molar-refractivity contribution in [3.05, 3.63) is 48.0 Å². The molecule has 0 aliphatic rings. The first-order valence-corrected chi connectivity index (χ1v) is 5.06. The van der Waals surface area contributed by atoms with Crippen LogP contribution in [0.5, 0.6) is 0 Å². The molecule has 5 N–H and O–H groups in total. The predicted octanol–water partition coefficient (Wildman–Crippen LogP) is 2.22. The lowest BCUT2D eigenvalue weighted by Gasteiger charge is -2.07. The van der Waals surface area contributed by atoms with Crippen molar-refractivity contribution in [2.45, 2.75) is 0 Å². The fourth-order valence-electron chi connectivity index (χ4n) is 1.62. The van der Waals surface area contributed by atoms with E-state index >= 15 is 0 Å². The van der Waals surface area contributed by atoms with Crippen LogP contribution in [0.25, 0.3) is 11.1 Å². The minimum absolute atomic E-state index is 0.182. The third-order valence-corrected chi connectivity index (χ3v) is 2.52. The summed E-state index contributed by atoms with van der Waals surface area (Å²) in [4.78, 5) is 10.8. The monoisotopic (exact) mass is 228 g/mol. The molecule has 17 heavy (non-hydrogen) atoms. The van der Waals surface area contributed by atoms with E-state index in [-0.39, 0.29) is 5.56 Å². The summed E-state index contributed by atoms with van der Waals surface area (Å²) in [5.74, 6) is -0.986. The number of benzene rings is 2. The van der Waals surface area contributed by atoms with E-state index in [4.69, 9.17) is 16.6 Å². The molecule has 0 radical (unpaired) electrons. The van der Waals surface area contributed by atoms with Crippen molar-refractivity contribution in [1.82, 2.24) is 0 Å². The van der Waals surface area contributed by atoms with Crippen molar-refractivity contribution in [3.8, 4) is 11.1 Å². The van der Waals surface area contributed by atoms with E-state index in [1.807, 2.05) is 12.1 Å². The molecule has 2 rings (SSSR count). The van der Waals surface area contributed by atoms with Gasteiger partial charge in [-0.25, -0.2) is 4.79 Å². The quantitative estimate of drug-likeness (QED) is 0.687. The highest BCUT2D eigenvalue weighted by atomic mass is 16.4. The molecule has 4 heteroatoms. The molecule has 4 nitrogen and oxygen atoms in total. The summed E-state index contributed by atoms with van der Waals surface area (Å²) < 4.78 is 0. The second-order valence-corrected chi connectivity index (χ2v) is 3.73. The van der Waals surface area contributed by atoms with Gasteiger partial charge in [-0.2, -0.15) is 0 Å². The van der Waals surface area contributed by atoms with Gasteiger partial charge in [0.05, 0.1) is 5.56 Å². The molecule has 0 saturated carbocycles. The Labute approximate surface area is 98.5 Å². The van der Waals surface area contributed by atoms with Crippen LogP contribution in [0.4, 0.5) is 11.4 Å². The molecule has 2 aromatic rings. The summed E-state index contributed by atoms with van der Waals surface area (Å²) in [5.41, 5.74) is 14.4. The Balaban J connectivity index is 2.46. The Kier molecular flexibility index (Phi) is 2.70. The largest absolute Gasteiger partial charge is 0.478 e. The van der Waals surface area contributed by atoms with Gasteiger partial charge in [0.25, 0.3) is 0 Å².